The molecule has 5 nitrogen and oxygen atoms in total. The Morgan fingerprint density at radius 2 is 1.59 bits per heavy atom. The van der Waals surface area contributed by atoms with E-state index >= 15 is 0 Å². The zero-order valence-electron chi connectivity index (χ0n) is 18.2. The summed E-state index contributed by atoms with van der Waals surface area (Å²) in [5, 5.41) is 3.11. The highest BCUT2D eigenvalue weighted by Crippen LogP contribution is 2.20. The zero-order valence-corrected chi connectivity index (χ0v) is 19.0. The van der Waals surface area contributed by atoms with Crippen molar-refractivity contribution in [3.05, 3.63) is 54.0 Å². The van der Waals surface area contributed by atoms with Crippen LogP contribution in [0.15, 0.2) is 58.9 Å². The molecule has 6 heteroatoms. The first-order valence-corrected chi connectivity index (χ1v) is 11.9. The first kappa shape index (κ1) is 27.1. The summed E-state index contributed by atoms with van der Waals surface area (Å²) in [5.74, 6) is -0.827. The van der Waals surface area contributed by atoms with Gasteiger partial charge in [-0.1, -0.05) is 83.7 Å². The number of esters is 1. The maximum absolute atomic E-state index is 12.6. The molecule has 0 radical (unpaired) electrons. The second kappa shape index (κ2) is 17.0. The van der Waals surface area contributed by atoms with Gasteiger partial charge in [-0.15, -0.1) is 0 Å². The molecule has 0 aromatic heterocycles. The van der Waals surface area contributed by atoms with E-state index in [0.29, 0.717) is 0 Å². The topological polar surface area (TPSA) is 72.5 Å². The molecule has 0 bridgehead atoms. The molecule has 1 rings (SSSR count). The van der Waals surface area contributed by atoms with E-state index in [0.717, 1.165) is 32.4 Å². The molecule has 29 heavy (non-hydrogen) atoms. The normalized spacial score (nSPS) is 11.3. The Morgan fingerprint density at radius 3 is 2.10 bits per heavy atom. The standard InChI is InChI=1S/C19H26O4S.C4H11N/c1-3-5-6-7-8-12-16-23-19(20)18(13-4-2)24(21,22)17-14-10-9-11-15-17;1-3-5-4-2/h4,9-11,13-15H,2-3,5-8,12,16H2,1H3;5H,3-4H2,1-2H3. The number of sulfone groups is 1. The van der Waals surface area contributed by atoms with Crippen LogP contribution in [0, 0.1) is 0 Å². The molecular formula is C23H37NO4S. The Morgan fingerprint density at radius 1 is 1.00 bits per heavy atom. The van der Waals surface area contributed by atoms with Crippen LogP contribution in [0.3, 0.4) is 0 Å². The SMILES string of the molecule is C=CC=C(C(=O)OCCCCCCCC)S(=O)(=O)c1ccccc1.CCNCC. The second-order valence-corrected chi connectivity index (χ2v) is 8.36. The minimum atomic E-state index is -3.90. The minimum absolute atomic E-state index is 0.0645. The van der Waals surface area contributed by atoms with Gasteiger partial charge in [0.05, 0.1) is 11.5 Å². The van der Waals surface area contributed by atoms with Crippen molar-refractivity contribution in [3.63, 3.8) is 0 Å². The Kier molecular flexibility index (Phi) is 15.9. The predicted molar refractivity (Wildman–Crippen MR) is 120 cm³/mol. The fourth-order valence-corrected chi connectivity index (χ4v) is 3.79. The summed E-state index contributed by atoms with van der Waals surface area (Å²) in [7, 11) is -3.90. The van der Waals surface area contributed by atoms with E-state index in [1.807, 2.05) is 0 Å². The number of nitrogens with one attached hydrogen (secondary N) is 1. The molecule has 164 valence electrons. The van der Waals surface area contributed by atoms with Crippen LogP contribution >= 0.6 is 0 Å². The number of unbranched alkanes of at least 4 members (excludes halogenated alkanes) is 5. The lowest BCUT2D eigenvalue weighted by Crippen LogP contribution is -2.17. The molecule has 0 saturated heterocycles. The van der Waals surface area contributed by atoms with Crippen molar-refractivity contribution in [1.82, 2.24) is 5.32 Å². The van der Waals surface area contributed by atoms with Crippen LogP contribution in [0.2, 0.25) is 0 Å². The number of hydrogen-bond donors (Lipinski definition) is 1. The Bertz CT molecular complexity index is 695. The van der Waals surface area contributed by atoms with E-state index in [1.165, 1.54) is 43.5 Å². The summed E-state index contributed by atoms with van der Waals surface area (Å²) >= 11 is 0. The molecular weight excluding hydrogens is 386 g/mol. The Hall–Kier alpha value is -1.92. The first-order valence-electron chi connectivity index (χ1n) is 10.5. The van der Waals surface area contributed by atoms with Crippen LogP contribution in [0.25, 0.3) is 0 Å². The molecule has 0 aliphatic carbocycles. The van der Waals surface area contributed by atoms with Gasteiger partial charge in [-0.2, -0.15) is 0 Å². The molecule has 1 aromatic rings. The third-order valence-electron chi connectivity index (χ3n) is 4.04. The van der Waals surface area contributed by atoms with Crippen molar-refractivity contribution in [2.75, 3.05) is 19.7 Å². The number of carbonyl (C=O) groups is 1. The number of rotatable bonds is 13. The molecule has 0 fully saturated rings. The molecule has 0 saturated carbocycles. The quantitative estimate of drug-likeness (QED) is 0.208. The summed E-state index contributed by atoms with van der Waals surface area (Å²) in [5.41, 5.74) is 0. The van der Waals surface area contributed by atoms with Gasteiger partial charge in [0.15, 0.2) is 4.91 Å². The van der Waals surface area contributed by atoms with Gasteiger partial charge in [-0.25, -0.2) is 13.2 Å². The monoisotopic (exact) mass is 423 g/mol. The largest absolute Gasteiger partial charge is 0.462 e. The number of carbonyl (C=O) groups excluding carboxylic acids is 1. The maximum atomic E-state index is 12.6. The van der Waals surface area contributed by atoms with E-state index in [9.17, 15) is 13.2 Å². The summed E-state index contributed by atoms with van der Waals surface area (Å²) in [4.78, 5) is 11.9. The molecule has 0 amide bonds. The highest BCUT2D eigenvalue weighted by atomic mass is 32.2. The first-order chi connectivity index (χ1) is 13.9. The summed E-state index contributed by atoms with van der Waals surface area (Å²) in [6.45, 7) is 12.2. The van der Waals surface area contributed by atoms with E-state index in [2.05, 4.69) is 32.7 Å². The molecule has 0 spiro atoms. The van der Waals surface area contributed by atoms with Crippen LogP contribution < -0.4 is 5.32 Å². The maximum Gasteiger partial charge on any atom is 0.350 e. The van der Waals surface area contributed by atoms with Gasteiger partial charge in [-0.3, -0.25) is 0 Å². The van der Waals surface area contributed by atoms with Crippen molar-refractivity contribution in [2.24, 2.45) is 0 Å². The number of hydrogen-bond acceptors (Lipinski definition) is 5. The van der Waals surface area contributed by atoms with Gasteiger partial charge in [0, 0.05) is 0 Å². The van der Waals surface area contributed by atoms with Crippen LogP contribution in [0.4, 0.5) is 0 Å². The average molecular weight is 424 g/mol. The van der Waals surface area contributed by atoms with E-state index < -0.39 is 15.8 Å². The van der Waals surface area contributed by atoms with Crippen molar-refractivity contribution in [2.45, 2.75) is 64.2 Å². The smallest absolute Gasteiger partial charge is 0.350 e. The van der Waals surface area contributed by atoms with Gasteiger partial charge < -0.3 is 10.1 Å². The zero-order chi connectivity index (χ0) is 22.0. The lowest BCUT2D eigenvalue weighted by atomic mass is 10.1. The van der Waals surface area contributed by atoms with Gasteiger partial charge in [-0.05, 0) is 37.7 Å². The summed E-state index contributed by atoms with van der Waals surface area (Å²) < 4.78 is 30.2. The van der Waals surface area contributed by atoms with Gasteiger partial charge >= 0.3 is 5.97 Å². The van der Waals surface area contributed by atoms with Crippen LogP contribution in [0.5, 0.6) is 0 Å². The van der Waals surface area contributed by atoms with Crippen LogP contribution in [0.1, 0.15) is 59.3 Å². The Balaban J connectivity index is 0.00000139. The number of benzene rings is 1. The van der Waals surface area contributed by atoms with Gasteiger partial charge in [0.25, 0.3) is 0 Å². The average Bonchev–Trinajstić information content (AvgIpc) is 2.72. The lowest BCUT2D eigenvalue weighted by molar-refractivity contribution is -0.138. The van der Waals surface area contributed by atoms with Crippen LogP contribution in [-0.2, 0) is 19.4 Å². The van der Waals surface area contributed by atoms with E-state index in [-0.39, 0.29) is 16.4 Å². The molecule has 0 unspecified atom stereocenters. The molecule has 0 aliphatic rings. The van der Waals surface area contributed by atoms with Crippen molar-refractivity contribution < 1.29 is 17.9 Å². The van der Waals surface area contributed by atoms with Crippen molar-refractivity contribution >= 4 is 15.8 Å². The van der Waals surface area contributed by atoms with Crippen molar-refractivity contribution in [1.29, 1.82) is 0 Å². The van der Waals surface area contributed by atoms with Gasteiger partial charge in [0.1, 0.15) is 0 Å². The lowest BCUT2D eigenvalue weighted by Gasteiger charge is -2.09. The summed E-state index contributed by atoms with van der Waals surface area (Å²) in [6, 6.07) is 7.84. The van der Waals surface area contributed by atoms with Crippen molar-refractivity contribution in [3.8, 4) is 0 Å². The third-order valence-corrected chi connectivity index (χ3v) is 5.82. The van der Waals surface area contributed by atoms with Crippen LogP contribution in [-0.4, -0.2) is 34.1 Å². The van der Waals surface area contributed by atoms with E-state index in [4.69, 9.17) is 4.74 Å². The molecule has 1 aromatic carbocycles. The highest BCUT2D eigenvalue weighted by Gasteiger charge is 2.27. The highest BCUT2D eigenvalue weighted by molar-refractivity contribution is 7.96. The summed E-state index contributed by atoms with van der Waals surface area (Å²) in [6.07, 6.45) is 8.84. The Labute approximate surface area is 177 Å². The fourth-order valence-electron chi connectivity index (χ4n) is 2.47. The minimum Gasteiger partial charge on any atom is -0.462 e. The second-order valence-electron chi connectivity index (χ2n) is 6.44. The van der Waals surface area contributed by atoms with Gasteiger partial charge in [0.2, 0.25) is 9.84 Å². The molecule has 1 N–H and O–H groups in total. The number of allylic oxidation sites excluding steroid dienone is 2. The van der Waals surface area contributed by atoms with E-state index in [1.54, 1.807) is 18.2 Å². The number of ether oxygens (including phenoxy) is 1. The predicted octanol–water partition coefficient (Wildman–Crippen LogP) is 5.05. The fraction of sp³-hybridized carbons (Fsp3) is 0.522. The third kappa shape index (κ3) is 11.6. The molecule has 0 atom stereocenters. The molecule has 0 heterocycles. The molecule has 0 aliphatic heterocycles.